The van der Waals surface area contributed by atoms with Crippen molar-refractivity contribution < 1.29 is 18.8 Å². The van der Waals surface area contributed by atoms with Crippen LogP contribution >= 0.6 is 0 Å². The van der Waals surface area contributed by atoms with Crippen LogP contribution in [0.4, 0.5) is 0 Å². The second-order valence-corrected chi connectivity index (χ2v) is 7.01. The van der Waals surface area contributed by atoms with Crippen molar-refractivity contribution in [1.82, 2.24) is 15.1 Å². The third-order valence-electron chi connectivity index (χ3n) is 5.16. The molecule has 0 spiro atoms. The first kappa shape index (κ1) is 18.5. The van der Waals surface area contributed by atoms with E-state index in [2.05, 4.69) is 5.32 Å². The van der Waals surface area contributed by atoms with Gasteiger partial charge in [-0.15, -0.1) is 0 Å². The molecule has 3 heterocycles. The molecule has 7 heteroatoms. The summed E-state index contributed by atoms with van der Waals surface area (Å²) in [6.45, 7) is 2.35. The molecular weight excluding hydrogens is 334 g/mol. The monoisotopic (exact) mass is 361 g/mol. The second kappa shape index (κ2) is 8.87. The number of carbonyl (C=O) groups excluding carboxylic acids is 3. The highest BCUT2D eigenvalue weighted by molar-refractivity contribution is 5.97. The van der Waals surface area contributed by atoms with Gasteiger partial charge in [-0.05, 0) is 31.7 Å². The highest BCUT2D eigenvalue weighted by Crippen LogP contribution is 2.23. The number of likely N-dealkylation sites (tertiary alicyclic amines) is 1. The lowest BCUT2D eigenvalue weighted by atomic mass is 10.1. The predicted octanol–water partition coefficient (Wildman–Crippen LogP) is 1.79. The van der Waals surface area contributed by atoms with Crippen LogP contribution in [0.1, 0.15) is 55.3 Å². The SMILES string of the molecule is O=C1CCN(C(=O)C2CCCN2C(=O)c2ccoc2)CCCCCCN1. The summed E-state index contributed by atoms with van der Waals surface area (Å²) in [5.74, 6) is -0.209. The summed E-state index contributed by atoms with van der Waals surface area (Å²) >= 11 is 0. The van der Waals surface area contributed by atoms with Gasteiger partial charge in [-0.3, -0.25) is 14.4 Å². The van der Waals surface area contributed by atoms with Gasteiger partial charge in [0.05, 0.1) is 11.8 Å². The van der Waals surface area contributed by atoms with Crippen molar-refractivity contribution in [2.75, 3.05) is 26.2 Å². The van der Waals surface area contributed by atoms with E-state index in [1.165, 1.54) is 12.5 Å². The molecule has 1 aromatic rings. The first-order valence-electron chi connectivity index (χ1n) is 9.55. The lowest BCUT2D eigenvalue weighted by molar-refractivity contribution is -0.136. The van der Waals surface area contributed by atoms with Crippen molar-refractivity contribution in [1.29, 1.82) is 0 Å². The van der Waals surface area contributed by atoms with Gasteiger partial charge in [0.15, 0.2) is 0 Å². The minimum Gasteiger partial charge on any atom is -0.472 e. The number of amides is 3. The molecule has 26 heavy (non-hydrogen) atoms. The molecule has 2 fully saturated rings. The molecular formula is C19H27N3O4. The summed E-state index contributed by atoms with van der Waals surface area (Å²) in [6, 6.07) is 1.19. The first-order chi connectivity index (χ1) is 12.7. The molecule has 0 aliphatic carbocycles. The van der Waals surface area contributed by atoms with Crippen LogP contribution in [0, 0.1) is 0 Å². The van der Waals surface area contributed by atoms with Crippen molar-refractivity contribution in [3.8, 4) is 0 Å². The Morgan fingerprint density at radius 2 is 1.92 bits per heavy atom. The standard InChI is InChI=1S/C19H27N3O4/c23-17-7-12-21(10-4-2-1-3-9-20-17)19(25)16-6-5-11-22(16)18(24)15-8-13-26-14-15/h8,13-14,16H,1-7,9-12H2,(H,20,23). The van der Waals surface area contributed by atoms with E-state index in [1.807, 2.05) is 0 Å². The van der Waals surface area contributed by atoms with Crippen LogP contribution in [0.3, 0.4) is 0 Å². The van der Waals surface area contributed by atoms with Crippen LogP contribution in [-0.2, 0) is 9.59 Å². The van der Waals surface area contributed by atoms with Gasteiger partial charge in [0.1, 0.15) is 12.3 Å². The van der Waals surface area contributed by atoms with E-state index in [0.29, 0.717) is 44.6 Å². The molecule has 0 radical (unpaired) electrons. The molecule has 0 bridgehead atoms. The summed E-state index contributed by atoms with van der Waals surface area (Å²) in [5, 5.41) is 2.90. The molecule has 0 aromatic carbocycles. The lowest BCUT2D eigenvalue weighted by Crippen LogP contribution is -2.48. The summed E-state index contributed by atoms with van der Waals surface area (Å²) in [7, 11) is 0. The largest absolute Gasteiger partial charge is 0.472 e. The Kier molecular flexibility index (Phi) is 6.30. The fourth-order valence-electron chi connectivity index (χ4n) is 3.70. The fraction of sp³-hybridized carbons (Fsp3) is 0.632. The average Bonchev–Trinajstić information content (AvgIpc) is 3.32. The number of nitrogens with zero attached hydrogens (tertiary/aromatic N) is 2. The maximum absolute atomic E-state index is 13.1. The van der Waals surface area contributed by atoms with Crippen LogP contribution in [0.5, 0.6) is 0 Å². The maximum atomic E-state index is 13.1. The number of hydrogen-bond acceptors (Lipinski definition) is 4. The molecule has 1 unspecified atom stereocenters. The number of rotatable bonds is 2. The number of nitrogens with one attached hydrogen (secondary N) is 1. The number of furan rings is 1. The quantitative estimate of drug-likeness (QED) is 0.871. The summed E-state index contributed by atoms with van der Waals surface area (Å²) in [4.78, 5) is 41.1. The summed E-state index contributed by atoms with van der Waals surface area (Å²) in [6.07, 6.45) is 8.69. The molecule has 1 aromatic heterocycles. The maximum Gasteiger partial charge on any atom is 0.257 e. The molecule has 7 nitrogen and oxygen atoms in total. The van der Waals surface area contributed by atoms with E-state index < -0.39 is 6.04 Å². The zero-order chi connectivity index (χ0) is 18.4. The van der Waals surface area contributed by atoms with Crippen molar-refractivity contribution in [2.24, 2.45) is 0 Å². The first-order valence-corrected chi connectivity index (χ1v) is 9.55. The minimum absolute atomic E-state index is 0.0116. The van der Waals surface area contributed by atoms with E-state index in [-0.39, 0.29) is 17.7 Å². The highest BCUT2D eigenvalue weighted by Gasteiger charge is 2.37. The van der Waals surface area contributed by atoms with E-state index in [1.54, 1.807) is 15.9 Å². The Labute approximate surface area is 153 Å². The Morgan fingerprint density at radius 1 is 1.08 bits per heavy atom. The molecule has 0 saturated carbocycles. The topological polar surface area (TPSA) is 82.9 Å². The number of hydrogen-bond donors (Lipinski definition) is 1. The van der Waals surface area contributed by atoms with Crippen LogP contribution in [0.15, 0.2) is 23.0 Å². The Balaban J connectivity index is 1.68. The Morgan fingerprint density at radius 3 is 2.73 bits per heavy atom. The third-order valence-corrected chi connectivity index (χ3v) is 5.16. The smallest absolute Gasteiger partial charge is 0.257 e. The van der Waals surface area contributed by atoms with Crippen LogP contribution in [-0.4, -0.2) is 59.7 Å². The van der Waals surface area contributed by atoms with Gasteiger partial charge in [0, 0.05) is 32.6 Å². The molecule has 3 amide bonds. The third kappa shape index (κ3) is 4.45. The van der Waals surface area contributed by atoms with Gasteiger partial charge in [-0.1, -0.05) is 12.8 Å². The van der Waals surface area contributed by atoms with E-state index in [9.17, 15) is 14.4 Å². The summed E-state index contributed by atoms with van der Waals surface area (Å²) < 4.78 is 5.00. The Bertz CT molecular complexity index is 629. The van der Waals surface area contributed by atoms with Crippen LogP contribution in [0.25, 0.3) is 0 Å². The van der Waals surface area contributed by atoms with Gasteiger partial charge >= 0.3 is 0 Å². The molecule has 2 saturated heterocycles. The van der Waals surface area contributed by atoms with Gasteiger partial charge in [-0.25, -0.2) is 0 Å². The van der Waals surface area contributed by atoms with E-state index in [4.69, 9.17) is 4.42 Å². The molecule has 1 N–H and O–H groups in total. The van der Waals surface area contributed by atoms with Gasteiger partial charge in [0.25, 0.3) is 5.91 Å². The van der Waals surface area contributed by atoms with E-state index in [0.717, 1.165) is 32.1 Å². The fourth-order valence-corrected chi connectivity index (χ4v) is 3.70. The normalized spacial score (nSPS) is 22.6. The van der Waals surface area contributed by atoms with Crippen molar-refractivity contribution in [3.63, 3.8) is 0 Å². The van der Waals surface area contributed by atoms with Crippen molar-refractivity contribution >= 4 is 17.7 Å². The number of carbonyl (C=O) groups is 3. The zero-order valence-corrected chi connectivity index (χ0v) is 15.1. The zero-order valence-electron chi connectivity index (χ0n) is 15.1. The highest BCUT2D eigenvalue weighted by atomic mass is 16.3. The molecule has 142 valence electrons. The minimum atomic E-state index is -0.439. The second-order valence-electron chi connectivity index (χ2n) is 7.01. The molecule has 1 atom stereocenters. The Hall–Kier alpha value is -2.31. The molecule has 2 aliphatic heterocycles. The van der Waals surface area contributed by atoms with Gasteiger partial charge < -0.3 is 19.5 Å². The van der Waals surface area contributed by atoms with Gasteiger partial charge in [-0.2, -0.15) is 0 Å². The lowest BCUT2D eigenvalue weighted by Gasteiger charge is -2.30. The van der Waals surface area contributed by atoms with Crippen molar-refractivity contribution in [3.05, 3.63) is 24.2 Å². The van der Waals surface area contributed by atoms with Crippen molar-refractivity contribution in [2.45, 2.75) is 51.0 Å². The van der Waals surface area contributed by atoms with E-state index >= 15 is 0 Å². The molecule has 2 aliphatic rings. The molecule has 3 rings (SSSR count). The predicted molar refractivity (Wildman–Crippen MR) is 95.4 cm³/mol. The average molecular weight is 361 g/mol. The van der Waals surface area contributed by atoms with Gasteiger partial charge in [0.2, 0.25) is 11.8 Å². The van der Waals surface area contributed by atoms with Crippen LogP contribution in [0.2, 0.25) is 0 Å². The van der Waals surface area contributed by atoms with Crippen LogP contribution < -0.4 is 5.32 Å². The summed E-state index contributed by atoms with van der Waals surface area (Å²) in [5.41, 5.74) is 0.474.